The first-order valence-corrected chi connectivity index (χ1v) is 9.90. The molecule has 0 aliphatic carbocycles. The van der Waals surface area contributed by atoms with Crippen molar-refractivity contribution in [2.75, 3.05) is 6.61 Å². The fraction of sp³-hybridized carbons (Fsp3) is 0.182. The molecule has 1 N–H and O–H groups in total. The normalized spacial score (nSPS) is 11.2. The molecule has 136 valence electrons. The number of nitrogens with one attached hydrogen (secondary N) is 1. The molecule has 4 nitrogen and oxygen atoms in total. The van der Waals surface area contributed by atoms with Gasteiger partial charge in [-0.05, 0) is 55.3 Å². The van der Waals surface area contributed by atoms with Gasteiger partial charge in [-0.1, -0.05) is 18.2 Å². The van der Waals surface area contributed by atoms with Crippen LogP contribution in [0.3, 0.4) is 0 Å². The SMILES string of the molecule is CCOc1ccc2nc(SCc3cc(=O)[nH]c4ccccc34)c(C)cc2c1. The number of hydrogen-bond acceptors (Lipinski definition) is 4. The molecule has 0 atom stereocenters. The van der Waals surface area contributed by atoms with Crippen LogP contribution in [-0.2, 0) is 5.75 Å². The Kier molecular flexibility index (Phi) is 4.86. The lowest BCUT2D eigenvalue weighted by molar-refractivity contribution is 0.340. The molecule has 0 fully saturated rings. The van der Waals surface area contributed by atoms with Gasteiger partial charge in [0.05, 0.1) is 17.1 Å². The Bertz CT molecular complexity index is 1180. The van der Waals surface area contributed by atoms with E-state index < -0.39 is 0 Å². The Morgan fingerprint density at radius 3 is 2.81 bits per heavy atom. The van der Waals surface area contributed by atoms with E-state index in [-0.39, 0.29) is 5.56 Å². The van der Waals surface area contributed by atoms with Crippen LogP contribution >= 0.6 is 11.8 Å². The summed E-state index contributed by atoms with van der Waals surface area (Å²) in [6.07, 6.45) is 0. The summed E-state index contributed by atoms with van der Waals surface area (Å²) in [6.45, 7) is 4.69. The summed E-state index contributed by atoms with van der Waals surface area (Å²) in [6, 6.07) is 17.7. The fourth-order valence-electron chi connectivity index (χ4n) is 3.19. The van der Waals surface area contributed by atoms with Gasteiger partial charge >= 0.3 is 0 Å². The van der Waals surface area contributed by atoms with Crippen molar-refractivity contribution < 1.29 is 4.74 Å². The largest absolute Gasteiger partial charge is 0.494 e. The summed E-state index contributed by atoms with van der Waals surface area (Å²) in [5, 5.41) is 3.13. The maximum absolute atomic E-state index is 12.0. The van der Waals surface area contributed by atoms with E-state index >= 15 is 0 Å². The maximum atomic E-state index is 12.0. The molecule has 2 aromatic heterocycles. The lowest BCUT2D eigenvalue weighted by Gasteiger charge is -2.10. The van der Waals surface area contributed by atoms with Crippen LogP contribution in [0, 0.1) is 6.92 Å². The average Bonchev–Trinajstić information content (AvgIpc) is 2.66. The van der Waals surface area contributed by atoms with Crippen LogP contribution in [0.25, 0.3) is 21.8 Å². The molecule has 0 saturated heterocycles. The van der Waals surface area contributed by atoms with Crippen LogP contribution in [0.15, 0.2) is 64.4 Å². The number of para-hydroxylation sites is 1. The van der Waals surface area contributed by atoms with E-state index in [1.807, 2.05) is 49.4 Å². The zero-order valence-electron chi connectivity index (χ0n) is 15.3. The van der Waals surface area contributed by atoms with Crippen molar-refractivity contribution in [2.45, 2.75) is 24.6 Å². The van der Waals surface area contributed by atoms with E-state index in [1.54, 1.807) is 17.8 Å². The molecule has 0 spiro atoms. The van der Waals surface area contributed by atoms with Gasteiger partial charge in [0.25, 0.3) is 0 Å². The maximum Gasteiger partial charge on any atom is 0.248 e. The number of aromatic nitrogens is 2. The van der Waals surface area contributed by atoms with Gasteiger partial charge in [0.15, 0.2) is 0 Å². The van der Waals surface area contributed by atoms with Crippen molar-refractivity contribution >= 4 is 33.6 Å². The highest BCUT2D eigenvalue weighted by Crippen LogP contribution is 2.30. The number of hydrogen-bond donors (Lipinski definition) is 1. The molecule has 2 heterocycles. The minimum Gasteiger partial charge on any atom is -0.494 e. The third kappa shape index (κ3) is 3.69. The lowest BCUT2D eigenvalue weighted by Crippen LogP contribution is -2.06. The van der Waals surface area contributed by atoms with Gasteiger partial charge in [-0.2, -0.15) is 0 Å². The Hall–Kier alpha value is -2.79. The van der Waals surface area contributed by atoms with Crippen molar-refractivity contribution in [3.05, 3.63) is 76.1 Å². The first-order chi connectivity index (χ1) is 13.1. The molecular weight excluding hydrogens is 356 g/mol. The zero-order valence-corrected chi connectivity index (χ0v) is 16.1. The summed E-state index contributed by atoms with van der Waals surface area (Å²) >= 11 is 1.66. The van der Waals surface area contributed by atoms with Crippen LogP contribution in [-0.4, -0.2) is 16.6 Å². The van der Waals surface area contributed by atoms with Crippen LogP contribution in [0.1, 0.15) is 18.1 Å². The number of fused-ring (bicyclic) bond motifs is 2. The van der Waals surface area contributed by atoms with Crippen LogP contribution in [0.5, 0.6) is 5.75 Å². The highest BCUT2D eigenvalue weighted by atomic mass is 32.2. The molecule has 0 unspecified atom stereocenters. The first kappa shape index (κ1) is 17.6. The molecule has 0 radical (unpaired) electrons. The number of nitrogens with zero attached hydrogens (tertiary/aromatic N) is 1. The molecule has 27 heavy (non-hydrogen) atoms. The molecule has 0 bridgehead atoms. The van der Waals surface area contributed by atoms with E-state index in [0.29, 0.717) is 12.4 Å². The number of ether oxygens (including phenoxy) is 1. The number of aryl methyl sites for hydroxylation is 1. The molecule has 4 rings (SSSR count). The van der Waals surface area contributed by atoms with Crippen LogP contribution in [0.2, 0.25) is 0 Å². The third-order valence-corrected chi connectivity index (χ3v) is 5.58. The van der Waals surface area contributed by atoms with E-state index in [4.69, 9.17) is 9.72 Å². The molecule has 2 aromatic carbocycles. The summed E-state index contributed by atoms with van der Waals surface area (Å²) in [4.78, 5) is 19.7. The second-order valence-corrected chi connectivity index (χ2v) is 7.36. The lowest BCUT2D eigenvalue weighted by atomic mass is 10.1. The van der Waals surface area contributed by atoms with E-state index in [9.17, 15) is 4.79 Å². The van der Waals surface area contributed by atoms with Gasteiger partial charge in [-0.25, -0.2) is 4.98 Å². The predicted octanol–water partition coefficient (Wildman–Crippen LogP) is 5.08. The molecule has 0 saturated carbocycles. The van der Waals surface area contributed by atoms with E-state index in [0.717, 1.165) is 43.7 Å². The van der Waals surface area contributed by atoms with E-state index in [1.165, 1.54) is 0 Å². The monoisotopic (exact) mass is 376 g/mol. The van der Waals surface area contributed by atoms with Gasteiger partial charge in [0, 0.05) is 28.1 Å². The van der Waals surface area contributed by atoms with Crippen molar-refractivity contribution in [1.29, 1.82) is 0 Å². The molecule has 0 aliphatic heterocycles. The van der Waals surface area contributed by atoms with Crippen molar-refractivity contribution in [3.8, 4) is 5.75 Å². The number of rotatable bonds is 5. The number of aromatic amines is 1. The highest BCUT2D eigenvalue weighted by molar-refractivity contribution is 7.98. The topological polar surface area (TPSA) is 55.0 Å². The fourth-order valence-corrected chi connectivity index (χ4v) is 4.17. The number of pyridine rings is 2. The Labute approximate surface area is 161 Å². The third-order valence-electron chi connectivity index (χ3n) is 4.44. The minimum atomic E-state index is -0.0732. The number of H-pyrrole nitrogens is 1. The van der Waals surface area contributed by atoms with Crippen molar-refractivity contribution in [2.24, 2.45) is 0 Å². The first-order valence-electron chi connectivity index (χ1n) is 8.92. The van der Waals surface area contributed by atoms with Gasteiger partial charge in [-0.3, -0.25) is 4.79 Å². The van der Waals surface area contributed by atoms with Gasteiger partial charge in [0.2, 0.25) is 5.56 Å². The van der Waals surface area contributed by atoms with Gasteiger partial charge in [-0.15, -0.1) is 11.8 Å². The standard InChI is InChI=1S/C22H20N2O2S/c1-3-26-17-8-9-19-15(11-17)10-14(2)22(24-19)27-13-16-12-21(25)23-20-7-5-4-6-18(16)20/h4-12H,3,13H2,1-2H3,(H,23,25). The van der Waals surface area contributed by atoms with Crippen LogP contribution in [0.4, 0.5) is 0 Å². The summed E-state index contributed by atoms with van der Waals surface area (Å²) in [5.74, 6) is 1.56. The molecule has 4 aromatic rings. The van der Waals surface area contributed by atoms with Gasteiger partial charge in [0.1, 0.15) is 5.75 Å². The molecule has 0 amide bonds. The quantitative estimate of drug-likeness (QED) is 0.494. The Balaban J connectivity index is 1.65. The smallest absolute Gasteiger partial charge is 0.248 e. The molecule has 5 heteroatoms. The van der Waals surface area contributed by atoms with Crippen molar-refractivity contribution in [1.82, 2.24) is 9.97 Å². The average molecular weight is 376 g/mol. The van der Waals surface area contributed by atoms with E-state index in [2.05, 4.69) is 18.0 Å². The molecular formula is C22H20N2O2S. The highest BCUT2D eigenvalue weighted by Gasteiger charge is 2.09. The second-order valence-electron chi connectivity index (χ2n) is 6.39. The molecule has 0 aliphatic rings. The summed E-state index contributed by atoms with van der Waals surface area (Å²) in [7, 11) is 0. The second kappa shape index (κ2) is 7.45. The van der Waals surface area contributed by atoms with Crippen LogP contribution < -0.4 is 10.3 Å². The minimum absolute atomic E-state index is 0.0732. The summed E-state index contributed by atoms with van der Waals surface area (Å²) < 4.78 is 5.58. The Morgan fingerprint density at radius 2 is 1.96 bits per heavy atom. The summed E-state index contributed by atoms with van der Waals surface area (Å²) in [5.41, 5.74) is 3.88. The van der Waals surface area contributed by atoms with Crippen molar-refractivity contribution in [3.63, 3.8) is 0 Å². The Morgan fingerprint density at radius 1 is 1.11 bits per heavy atom. The number of thioether (sulfide) groups is 1. The predicted molar refractivity (Wildman–Crippen MR) is 112 cm³/mol. The van der Waals surface area contributed by atoms with Gasteiger partial charge < -0.3 is 9.72 Å². The number of benzene rings is 2. The zero-order chi connectivity index (χ0) is 18.8.